The Morgan fingerprint density at radius 2 is 1.47 bits per heavy atom. The minimum atomic E-state index is -0.328. The highest BCUT2D eigenvalue weighted by atomic mass is 35.5. The number of halogens is 4. The molecule has 0 saturated carbocycles. The first-order valence-electron chi connectivity index (χ1n) is 4.90. The number of hydrogen-bond donors (Lipinski definition) is 0. The molecule has 0 aromatic heterocycles. The lowest BCUT2D eigenvalue weighted by molar-refractivity contribution is 0.630. The predicted molar refractivity (Wildman–Crippen MR) is 71.6 cm³/mol. The van der Waals surface area contributed by atoms with Gasteiger partial charge in [-0.3, -0.25) is 0 Å². The summed E-state index contributed by atoms with van der Waals surface area (Å²) in [4.78, 5) is 0. The van der Waals surface area contributed by atoms with Crippen molar-refractivity contribution in [3.05, 3.63) is 56.8 Å². The van der Waals surface area contributed by atoms with Crippen LogP contribution >= 0.6 is 34.8 Å². The van der Waals surface area contributed by atoms with E-state index in [2.05, 4.69) is 0 Å². The zero-order valence-electron chi connectivity index (χ0n) is 8.90. The third-order valence-electron chi connectivity index (χ3n) is 2.42. The minimum absolute atomic E-state index is 0.328. The van der Waals surface area contributed by atoms with Gasteiger partial charge in [0.2, 0.25) is 0 Å². The molecule has 0 aliphatic heterocycles. The van der Waals surface area contributed by atoms with Crippen molar-refractivity contribution in [3.8, 4) is 11.1 Å². The second-order valence-electron chi connectivity index (χ2n) is 3.73. The molecule has 2 aromatic rings. The normalized spacial score (nSPS) is 10.6. The highest BCUT2D eigenvalue weighted by Crippen LogP contribution is 2.36. The van der Waals surface area contributed by atoms with Gasteiger partial charge in [-0.15, -0.1) is 0 Å². The van der Waals surface area contributed by atoms with Crippen molar-refractivity contribution in [2.45, 2.75) is 6.92 Å². The van der Waals surface area contributed by atoms with E-state index in [9.17, 15) is 4.39 Å². The average Bonchev–Trinajstić information content (AvgIpc) is 2.24. The van der Waals surface area contributed by atoms with E-state index in [-0.39, 0.29) is 5.82 Å². The van der Waals surface area contributed by atoms with Gasteiger partial charge in [0.05, 0.1) is 15.1 Å². The van der Waals surface area contributed by atoms with Crippen molar-refractivity contribution in [2.24, 2.45) is 0 Å². The van der Waals surface area contributed by atoms with Crippen LogP contribution in [0.15, 0.2) is 30.3 Å². The summed E-state index contributed by atoms with van der Waals surface area (Å²) >= 11 is 17.8. The summed E-state index contributed by atoms with van der Waals surface area (Å²) in [7, 11) is 0. The lowest BCUT2D eigenvalue weighted by Crippen LogP contribution is -1.87. The van der Waals surface area contributed by atoms with Gasteiger partial charge in [0.25, 0.3) is 0 Å². The second-order valence-corrected chi connectivity index (χ2v) is 4.95. The molecule has 0 radical (unpaired) electrons. The SMILES string of the molecule is Cc1ccc(-c2cc(Cl)c(Cl)cc2Cl)c(F)c1. The summed E-state index contributed by atoms with van der Waals surface area (Å²) in [6.07, 6.45) is 0. The summed E-state index contributed by atoms with van der Waals surface area (Å²) < 4.78 is 13.8. The molecule has 0 aliphatic carbocycles. The largest absolute Gasteiger partial charge is 0.206 e. The molecule has 4 heteroatoms. The monoisotopic (exact) mass is 288 g/mol. The molecule has 0 amide bonds. The van der Waals surface area contributed by atoms with E-state index in [0.717, 1.165) is 5.56 Å². The maximum absolute atomic E-state index is 13.8. The fraction of sp³-hybridized carbons (Fsp3) is 0.0769. The Bertz CT molecular complexity index is 579. The van der Waals surface area contributed by atoms with Crippen LogP contribution in [0, 0.1) is 12.7 Å². The lowest BCUT2D eigenvalue weighted by Gasteiger charge is -2.08. The Morgan fingerprint density at radius 1 is 0.824 bits per heavy atom. The van der Waals surface area contributed by atoms with Crippen LogP contribution in [0.25, 0.3) is 11.1 Å². The molecule has 0 fully saturated rings. The Hall–Kier alpha value is -0.760. The first kappa shape index (κ1) is 12.7. The van der Waals surface area contributed by atoms with Crippen molar-refractivity contribution in [1.82, 2.24) is 0 Å². The molecular formula is C13H8Cl3F. The summed E-state index contributed by atoms with van der Waals surface area (Å²) in [6.45, 7) is 1.82. The van der Waals surface area contributed by atoms with Crippen LogP contribution in [0.4, 0.5) is 4.39 Å². The molecule has 0 nitrogen and oxygen atoms in total. The maximum atomic E-state index is 13.8. The van der Waals surface area contributed by atoms with Crippen LogP contribution in [0.3, 0.4) is 0 Å². The first-order valence-corrected chi connectivity index (χ1v) is 6.03. The first-order chi connectivity index (χ1) is 7.99. The Balaban J connectivity index is 2.64. The van der Waals surface area contributed by atoms with Crippen LogP contribution in [0.5, 0.6) is 0 Å². The topological polar surface area (TPSA) is 0 Å². The molecule has 2 aromatic carbocycles. The van der Waals surface area contributed by atoms with Crippen molar-refractivity contribution in [2.75, 3.05) is 0 Å². The van der Waals surface area contributed by atoms with Crippen molar-refractivity contribution in [3.63, 3.8) is 0 Å². The molecular weight excluding hydrogens is 282 g/mol. The Kier molecular flexibility index (Phi) is 3.62. The van der Waals surface area contributed by atoms with Gasteiger partial charge in [-0.2, -0.15) is 0 Å². The fourth-order valence-electron chi connectivity index (χ4n) is 1.57. The van der Waals surface area contributed by atoms with Crippen LogP contribution in [0.1, 0.15) is 5.56 Å². The molecule has 0 N–H and O–H groups in total. The van der Waals surface area contributed by atoms with Gasteiger partial charge >= 0.3 is 0 Å². The second kappa shape index (κ2) is 4.85. The molecule has 0 unspecified atom stereocenters. The van der Waals surface area contributed by atoms with E-state index in [1.54, 1.807) is 12.1 Å². The van der Waals surface area contributed by atoms with Gasteiger partial charge in [0.15, 0.2) is 0 Å². The quantitative estimate of drug-likeness (QED) is 0.585. The number of benzene rings is 2. The summed E-state index contributed by atoms with van der Waals surface area (Å²) in [5, 5.41) is 1.08. The van der Waals surface area contributed by atoms with Crippen LogP contribution in [0.2, 0.25) is 15.1 Å². The van der Waals surface area contributed by atoms with E-state index in [4.69, 9.17) is 34.8 Å². The average molecular weight is 290 g/mol. The van der Waals surface area contributed by atoms with Crippen molar-refractivity contribution < 1.29 is 4.39 Å². The van der Waals surface area contributed by atoms with E-state index in [1.807, 2.05) is 13.0 Å². The van der Waals surface area contributed by atoms with Crippen LogP contribution in [-0.4, -0.2) is 0 Å². The zero-order valence-corrected chi connectivity index (χ0v) is 11.2. The third-order valence-corrected chi connectivity index (χ3v) is 3.46. The molecule has 0 spiro atoms. The van der Waals surface area contributed by atoms with Gasteiger partial charge in [-0.05, 0) is 30.7 Å². The Morgan fingerprint density at radius 3 is 2.12 bits per heavy atom. The zero-order chi connectivity index (χ0) is 12.6. The number of hydrogen-bond acceptors (Lipinski definition) is 0. The molecule has 2 rings (SSSR count). The standard InChI is InChI=1S/C13H8Cl3F/c1-7-2-3-8(13(17)4-7)9-5-11(15)12(16)6-10(9)14/h2-6H,1H3. The van der Waals surface area contributed by atoms with E-state index >= 15 is 0 Å². The van der Waals surface area contributed by atoms with Gasteiger partial charge in [0, 0.05) is 11.1 Å². The fourth-order valence-corrected chi connectivity index (χ4v) is 2.22. The third kappa shape index (κ3) is 2.57. The van der Waals surface area contributed by atoms with Crippen LogP contribution < -0.4 is 0 Å². The molecule has 88 valence electrons. The van der Waals surface area contributed by atoms with Gasteiger partial charge in [-0.25, -0.2) is 4.39 Å². The Labute approximate surface area is 114 Å². The minimum Gasteiger partial charge on any atom is -0.206 e. The van der Waals surface area contributed by atoms with Gasteiger partial charge in [0.1, 0.15) is 5.82 Å². The highest BCUT2D eigenvalue weighted by molar-refractivity contribution is 6.44. The van der Waals surface area contributed by atoms with E-state index in [1.165, 1.54) is 12.1 Å². The smallest absolute Gasteiger partial charge is 0.131 e. The summed E-state index contributed by atoms with van der Waals surface area (Å²) in [5.74, 6) is -0.328. The van der Waals surface area contributed by atoms with Gasteiger partial charge < -0.3 is 0 Å². The number of rotatable bonds is 1. The molecule has 17 heavy (non-hydrogen) atoms. The van der Waals surface area contributed by atoms with Crippen molar-refractivity contribution in [1.29, 1.82) is 0 Å². The van der Waals surface area contributed by atoms with Crippen molar-refractivity contribution >= 4 is 34.8 Å². The highest BCUT2D eigenvalue weighted by Gasteiger charge is 2.11. The summed E-state index contributed by atoms with van der Waals surface area (Å²) in [6, 6.07) is 8.03. The van der Waals surface area contributed by atoms with E-state index in [0.29, 0.717) is 26.2 Å². The number of aryl methyl sites for hydroxylation is 1. The molecule has 0 bridgehead atoms. The van der Waals surface area contributed by atoms with E-state index < -0.39 is 0 Å². The predicted octanol–water partition coefficient (Wildman–Crippen LogP) is 5.76. The van der Waals surface area contributed by atoms with Gasteiger partial charge in [-0.1, -0.05) is 46.9 Å². The maximum Gasteiger partial charge on any atom is 0.131 e. The van der Waals surface area contributed by atoms with Crippen LogP contribution in [-0.2, 0) is 0 Å². The summed E-state index contributed by atoms with van der Waals surface area (Å²) in [5.41, 5.74) is 1.81. The molecule has 0 saturated heterocycles. The molecule has 0 heterocycles. The lowest BCUT2D eigenvalue weighted by atomic mass is 10.0. The molecule has 0 aliphatic rings. The molecule has 0 atom stereocenters.